The molecule has 0 saturated heterocycles. The lowest BCUT2D eigenvalue weighted by molar-refractivity contribution is -0.157. The lowest BCUT2D eigenvalue weighted by atomic mass is 10.1. The topological polar surface area (TPSA) is 43.4 Å². The molecule has 3 nitrogen and oxygen atoms in total. The van der Waals surface area contributed by atoms with Crippen LogP contribution in [0.5, 0.6) is 0 Å². The first-order chi connectivity index (χ1) is 7.59. The number of carbonyl (C=O) groups is 2. The van der Waals surface area contributed by atoms with E-state index in [2.05, 4.69) is 0 Å². The fourth-order valence-corrected chi connectivity index (χ4v) is 2.13. The molecule has 0 spiro atoms. The van der Waals surface area contributed by atoms with Crippen LogP contribution in [-0.2, 0) is 14.3 Å². The van der Waals surface area contributed by atoms with Crippen molar-refractivity contribution in [1.82, 2.24) is 0 Å². The Morgan fingerprint density at radius 2 is 1.82 bits per heavy atom. The van der Waals surface area contributed by atoms with Gasteiger partial charge in [-0.1, -0.05) is 19.9 Å². The fourth-order valence-electron chi connectivity index (χ4n) is 2.13. The van der Waals surface area contributed by atoms with Gasteiger partial charge in [-0.05, 0) is 44.6 Å². The highest BCUT2D eigenvalue weighted by Crippen LogP contribution is 2.60. The van der Waals surface area contributed by atoms with Crippen molar-refractivity contribution in [2.45, 2.75) is 47.1 Å². The molecule has 0 radical (unpaired) electrons. The minimum absolute atomic E-state index is 0.105. The number of aldehydes is 1. The molecule has 0 bridgehead atoms. The summed E-state index contributed by atoms with van der Waals surface area (Å²) in [6.07, 6.45) is 2.70. The van der Waals surface area contributed by atoms with E-state index in [1.165, 1.54) is 0 Å². The number of rotatable bonds is 3. The van der Waals surface area contributed by atoms with Gasteiger partial charge in [0.1, 0.15) is 11.9 Å². The predicted octanol–water partition coefficient (Wildman–Crippen LogP) is 2.75. The van der Waals surface area contributed by atoms with Gasteiger partial charge in [0.15, 0.2) is 0 Å². The molecular formula is C14H22O3. The monoisotopic (exact) mass is 238 g/mol. The van der Waals surface area contributed by atoms with Crippen molar-refractivity contribution in [2.75, 3.05) is 0 Å². The summed E-state index contributed by atoms with van der Waals surface area (Å²) < 4.78 is 5.39. The van der Waals surface area contributed by atoms with Crippen molar-refractivity contribution in [2.24, 2.45) is 17.3 Å². The van der Waals surface area contributed by atoms with Crippen LogP contribution in [0, 0.1) is 17.3 Å². The zero-order valence-corrected chi connectivity index (χ0v) is 11.5. The SMILES string of the molecule is CC(C=O)=CC1C(C(=O)OC(C)(C)C)C1(C)C. The second-order valence-corrected chi connectivity index (χ2v) is 6.39. The first-order valence-corrected chi connectivity index (χ1v) is 5.96. The number of hydrogen-bond donors (Lipinski definition) is 0. The highest BCUT2D eigenvalue weighted by atomic mass is 16.6. The lowest BCUT2D eigenvalue weighted by Crippen LogP contribution is -2.26. The van der Waals surface area contributed by atoms with E-state index in [4.69, 9.17) is 4.74 Å². The van der Waals surface area contributed by atoms with Crippen LogP contribution in [0.2, 0.25) is 0 Å². The summed E-state index contributed by atoms with van der Waals surface area (Å²) in [6, 6.07) is 0. The summed E-state index contributed by atoms with van der Waals surface area (Å²) in [7, 11) is 0. The summed E-state index contributed by atoms with van der Waals surface area (Å²) in [6.45, 7) is 11.4. The van der Waals surface area contributed by atoms with Crippen molar-refractivity contribution in [3.8, 4) is 0 Å². The molecule has 0 heterocycles. The number of carbonyl (C=O) groups excluding carboxylic acids is 2. The van der Waals surface area contributed by atoms with Gasteiger partial charge in [-0.2, -0.15) is 0 Å². The standard InChI is InChI=1S/C14H22O3/c1-9(8-15)7-10-11(14(10,5)6)12(16)17-13(2,3)4/h7-8,10-11H,1-6H3. The van der Waals surface area contributed by atoms with E-state index in [1.807, 2.05) is 40.7 Å². The molecule has 0 aromatic rings. The maximum atomic E-state index is 12.0. The summed E-state index contributed by atoms with van der Waals surface area (Å²) in [5, 5.41) is 0. The third-order valence-electron chi connectivity index (χ3n) is 3.20. The average Bonchev–Trinajstić information content (AvgIpc) is 2.65. The molecule has 1 saturated carbocycles. The molecule has 2 atom stereocenters. The molecule has 2 unspecified atom stereocenters. The number of hydrogen-bond acceptors (Lipinski definition) is 3. The maximum Gasteiger partial charge on any atom is 0.310 e. The molecule has 0 N–H and O–H groups in total. The van der Waals surface area contributed by atoms with Crippen LogP contribution in [0.3, 0.4) is 0 Å². The number of esters is 1. The Labute approximate surface area is 103 Å². The first kappa shape index (κ1) is 13.9. The van der Waals surface area contributed by atoms with Gasteiger partial charge in [0.25, 0.3) is 0 Å². The van der Waals surface area contributed by atoms with E-state index in [9.17, 15) is 9.59 Å². The third kappa shape index (κ3) is 3.18. The number of allylic oxidation sites excluding steroid dienone is 2. The van der Waals surface area contributed by atoms with Gasteiger partial charge in [-0.15, -0.1) is 0 Å². The van der Waals surface area contributed by atoms with Gasteiger partial charge in [0, 0.05) is 0 Å². The van der Waals surface area contributed by atoms with E-state index in [-0.39, 0.29) is 23.2 Å². The zero-order valence-electron chi connectivity index (χ0n) is 11.5. The van der Waals surface area contributed by atoms with Gasteiger partial charge in [0.2, 0.25) is 0 Å². The Morgan fingerprint density at radius 3 is 2.24 bits per heavy atom. The number of ether oxygens (including phenoxy) is 1. The summed E-state index contributed by atoms with van der Waals surface area (Å²) in [5.74, 6) is -0.179. The molecular weight excluding hydrogens is 216 g/mol. The van der Waals surface area contributed by atoms with Gasteiger partial charge < -0.3 is 4.74 Å². The van der Waals surface area contributed by atoms with Crippen LogP contribution < -0.4 is 0 Å². The van der Waals surface area contributed by atoms with E-state index >= 15 is 0 Å². The molecule has 0 aromatic heterocycles. The van der Waals surface area contributed by atoms with Crippen LogP contribution in [0.4, 0.5) is 0 Å². The molecule has 0 amide bonds. The highest BCUT2D eigenvalue weighted by molar-refractivity contribution is 5.80. The highest BCUT2D eigenvalue weighted by Gasteiger charge is 2.61. The largest absolute Gasteiger partial charge is 0.460 e. The van der Waals surface area contributed by atoms with Crippen molar-refractivity contribution in [3.63, 3.8) is 0 Å². The predicted molar refractivity (Wildman–Crippen MR) is 66.4 cm³/mol. The second kappa shape index (κ2) is 4.28. The van der Waals surface area contributed by atoms with Gasteiger partial charge >= 0.3 is 5.97 Å². The molecule has 1 rings (SSSR count). The molecule has 17 heavy (non-hydrogen) atoms. The summed E-state index contributed by atoms with van der Waals surface area (Å²) in [5.41, 5.74) is 0.116. The second-order valence-electron chi connectivity index (χ2n) is 6.39. The van der Waals surface area contributed by atoms with Crippen LogP contribution >= 0.6 is 0 Å². The quantitative estimate of drug-likeness (QED) is 0.431. The third-order valence-corrected chi connectivity index (χ3v) is 3.20. The lowest BCUT2D eigenvalue weighted by Gasteiger charge is -2.19. The van der Waals surface area contributed by atoms with Crippen molar-refractivity contribution < 1.29 is 14.3 Å². The minimum Gasteiger partial charge on any atom is -0.460 e. The normalized spacial score (nSPS) is 27.5. The molecule has 3 heteroatoms. The van der Waals surface area contributed by atoms with Crippen LogP contribution in [0.15, 0.2) is 11.6 Å². The minimum atomic E-state index is -0.455. The Bertz CT molecular complexity index is 358. The molecule has 1 fully saturated rings. The first-order valence-electron chi connectivity index (χ1n) is 5.96. The Kier molecular flexibility index (Phi) is 3.51. The molecule has 1 aliphatic rings. The van der Waals surface area contributed by atoms with E-state index in [0.717, 1.165) is 6.29 Å². The van der Waals surface area contributed by atoms with Crippen molar-refractivity contribution in [1.29, 1.82) is 0 Å². The summed E-state index contributed by atoms with van der Waals surface area (Å²) >= 11 is 0. The van der Waals surface area contributed by atoms with Crippen LogP contribution in [-0.4, -0.2) is 17.9 Å². The summed E-state index contributed by atoms with van der Waals surface area (Å²) in [4.78, 5) is 22.6. The van der Waals surface area contributed by atoms with Crippen molar-refractivity contribution >= 4 is 12.3 Å². The van der Waals surface area contributed by atoms with E-state index < -0.39 is 5.60 Å². The molecule has 0 aliphatic heterocycles. The maximum absolute atomic E-state index is 12.0. The van der Waals surface area contributed by atoms with Crippen LogP contribution in [0.25, 0.3) is 0 Å². The van der Waals surface area contributed by atoms with E-state index in [0.29, 0.717) is 5.57 Å². The van der Waals surface area contributed by atoms with Gasteiger partial charge in [-0.25, -0.2) is 0 Å². The Hall–Kier alpha value is -1.12. The van der Waals surface area contributed by atoms with E-state index in [1.54, 1.807) is 6.92 Å². The zero-order chi connectivity index (χ0) is 13.4. The van der Waals surface area contributed by atoms with Gasteiger partial charge in [-0.3, -0.25) is 9.59 Å². The average molecular weight is 238 g/mol. The fraction of sp³-hybridized carbons (Fsp3) is 0.714. The smallest absolute Gasteiger partial charge is 0.310 e. The Balaban J connectivity index is 2.75. The molecule has 96 valence electrons. The van der Waals surface area contributed by atoms with Crippen molar-refractivity contribution in [3.05, 3.63) is 11.6 Å². The molecule has 0 aromatic carbocycles. The molecule has 1 aliphatic carbocycles. The Morgan fingerprint density at radius 1 is 1.29 bits per heavy atom. The van der Waals surface area contributed by atoms with Gasteiger partial charge in [0.05, 0.1) is 5.92 Å². The van der Waals surface area contributed by atoms with Crippen LogP contribution in [0.1, 0.15) is 41.5 Å².